The third-order valence-electron chi connectivity index (χ3n) is 3.89. The normalized spacial score (nSPS) is 14.8. The molecule has 2 aromatic carbocycles. The zero-order valence-corrected chi connectivity index (χ0v) is 14.6. The van der Waals surface area contributed by atoms with Crippen LogP contribution in [0.5, 0.6) is 5.75 Å². The van der Waals surface area contributed by atoms with E-state index in [1.807, 2.05) is 36.2 Å². The van der Waals surface area contributed by atoms with E-state index in [0.29, 0.717) is 25.4 Å². The number of benzene rings is 2. The van der Waals surface area contributed by atoms with Crippen molar-refractivity contribution in [3.63, 3.8) is 0 Å². The van der Waals surface area contributed by atoms with Crippen molar-refractivity contribution in [3.8, 4) is 5.75 Å². The molecule has 0 amide bonds. The van der Waals surface area contributed by atoms with E-state index in [4.69, 9.17) is 0 Å². The molecular formula is C17H16BrF3N2O. The van der Waals surface area contributed by atoms with Gasteiger partial charge in [-0.25, -0.2) is 4.39 Å². The molecule has 2 aromatic rings. The van der Waals surface area contributed by atoms with Gasteiger partial charge in [0.15, 0.2) is 11.6 Å². The Morgan fingerprint density at radius 3 is 2.58 bits per heavy atom. The summed E-state index contributed by atoms with van der Waals surface area (Å²) in [5.41, 5.74) is 2.60. The number of hydrogen-bond acceptors (Lipinski definition) is 3. The van der Waals surface area contributed by atoms with E-state index >= 15 is 0 Å². The summed E-state index contributed by atoms with van der Waals surface area (Å²) in [5.74, 6) is -1.19. The lowest BCUT2D eigenvalue weighted by Crippen LogP contribution is -2.39. The minimum Gasteiger partial charge on any atom is -0.432 e. The fourth-order valence-electron chi connectivity index (χ4n) is 2.87. The smallest absolute Gasteiger partial charge is 0.387 e. The van der Waals surface area contributed by atoms with E-state index in [1.54, 1.807) is 0 Å². The molecule has 0 saturated heterocycles. The zero-order chi connectivity index (χ0) is 17.3. The van der Waals surface area contributed by atoms with Crippen LogP contribution >= 0.6 is 15.9 Å². The number of nitrogens with zero attached hydrogens (tertiary/aromatic N) is 2. The maximum atomic E-state index is 13.9. The summed E-state index contributed by atoms with van der Waals surface area (Å²) >= 11 is 3.40. The summed E-state index contributed by atoms with van der Waals surface area (Å²) in [6, 6.07) is 10.6. The third kappa shape index (κ3) is 3.84. The van der Waals surface area contributed by atoms with E-state index in [2.05, 4.69) is 25.6 Å². The average molecular weight is 401 g/mol. The molecule has 1 aliphatic heterocycles. The standard InChI is InChI=1S/C17H16BrF3N2O/c1-22-10-23(8-11-2-4-13(18)5-3-11)9-12-6-16(24-17(20)21)14(19)7-15(12)22/h2-7,17H,8-10H2,1H3. The molecule has 1 heterocycles. The van der Waals surface area contributed by atoms with Crippen LogP contribution in [-0.2, 0) is 13.1 Å². The van der Waals surface area contributed by atoms with Crippen molar-refractivity contribution in [1.29, 1.82) is 0 Å². The molecule has 128 valence electrons. The number of rotatable bonds is 4. The van der Waals surface area contributed by atoms with Crippen molar-refractivity contribution >= 4 is 21.6 Å². The molecule has 1 aliphatic rings. The molecule has 0 aliphatic carbocycles. The Hall–Kier alpha value is -1.73. The summed E-state index contributed by atoms with van der Waals surface area (Å²) in [6.07, 6.45) is 0. The Bertz CT molecular complexity index is 725. The van der Waals surface area contributed by atoms with Gasteiger partial charge in [-0.1, -0.05) is 28.1 Å². The second-order valence-electron chi connectivity index (χ2n) is 5.74. The Morgan fingerprint density at radius 1 is 1.21 bits per heavy atom. The molecule has 7 heteroatoms. The van der Waals surface area contributed by atoms with Crippen molar-refractivity contribution in [2.75, 3.05) is 18.6 Å². The number of hydrogen-bond donors (Lipinski definition) is 0. The van der Waals surface area contributed by atoms with Gasteiger partial charge in [-0.2, -0.15) is 8.78 Å². The highest BCUT2D eigenvalue weighted by Gasteiger charge is 2.23. The van der Waals surface area contributed by atoms with Gasteiger partial charge in [-0.3, -0.25) is 4.90 Å². The molecule has 0 aromatic heterocycles. The van der Waals surface area contributed by atoms with Gasteiger partial charge < -0.3 is 9.64 Å². The van der Waals surface area contributed by atoms with Crippen LogP contribution in [0.3, 0.4) is 0 Å². The largest absolute Gasteiger partial charge is 0.432 e. The topological polar surface area (TPSA) is 15.7 Å². The lowest BCUT2D eigenvalue weighted by Gasteiger charge is -2.36. The van der Waals surface area contributed by atoms with Crippen LogP contribution in [0.15, 0.2) is 40.9 Å². The Kier molecular flexibility index (Phi) is 5.01. The van der Waals surface area contributed by atoms with Crippen LogP contribution in [0, 0.1) is 5.82 Å². The van der Waals surface area contributed by atoms with E-state index in [0.717, 1.165) is 15.6 Å². The van der Waals surface area contributed by atoms with Gasteiger partial charge >= 0.3 is 6.61 Å². The van der Waals surface area contributed by atoms with Crippen molar-refractivity contribution in [2.24, 2.45) is 0 Å². The van der Waals surface area contributed by atoms with Gasteiger partial charge in [0.2, 0.25) is 0 Å². The molecule has 0 fully saturated rings. The molecule has 0 saturated carbocycles. The SMILES string of the molecule is CN1CN(Cc2ccc(Br)cc2)Cc2cc(OC(F)F)c(F)cc21. The van der Waals surface area contributed by atoms with Gasteiger partial charge in [-0.15, -0.1) is 0 Å². The van der Waals surface area contributed by atoms with Gasteiger partial charge in [0.25, 0.3) is 0 Å². The van der Waals surface area contributed by atoms with Crippen LogP contribution in [-0.4, -0.2) is 25.2 Å². The second kappa shape index (κ2) is 7.03. The minimum absolute atomic E-state index is 0.414. The highest BCUT2D eigenvalue weighted by molar-refractivity contribution is 9.10. The highest BCUT2D eigenvalue weighted by Crippen LogP contribution is 2.33. The summed E-state index contributed by atoms with van der Waals surface area (Å²) in [6.45, 7) is -1.18. The van der Waals surface area contributed by atoms with Crippen LogP contribution in [0.2, 0.25) is 0 Å². The van der Waals surface area contributed by atoms with Crippen LogP contribution in [0.25, 0.3) is 0 Å². The minimum atomic E-state index is -3.04. The summed E-state index contributed by atoms with van der Waals surface area (Å²) < 4.78 is 43.9. The molecule has 3 rings (SSSR count). The van der Waals surface area contributed by atoms with Gasteiger partial charge in [0.05, 0.1) is 6.67 Å². The lowest BCUT2D eigenvalue weighted by atomic mass is 10.1. The number of fused-ring (bicyclic) bond motifs is 1. The van der Waals surface area contributed by atoms with Gasteiger partial charge in [-0.05, 0) is 29.3 Å². The van der Waals surface area contributed by atoms with Gasteiger partial charge in [0.1, 0.15) is 0 Å². The molecule has 0 spiro atoms. The molecule has 0 N–H and O–H groups in total. The van der Waals surface area contributed by atoms with Crippen molar-refractivity contribution < 1.29 is 17.9 Å². The Morgan fingerprint density at radius 2 is 1.92 bits per heavy atom. The zero-order valence-electron chi connectivity index (χ0n) is 13.0. The lowest BCUT2D eigenvalue weighted by molar-refractivity contribution is -0.0522. The highest BCUT2D eigenvalue weighted by atomic mass is 79.9. The van der Waals surface area contributed by atoms with Crippen LogP contribution in [0.1, 0.15) is 11.1 Å². The Balaban J connectivity index is 1.81. The monoisotopic (exact) mass is 400 g/mol. The predicted octanol–water partition coefficient (Wildman–Crippen LogP) is 4.60. The van der Waals surface area contributed by atoms with E-state index in [9.17, 15) is 13.2 Å². The van der Waals surface area contributed by atoms with E-state index in [1.165, 1.54) is 12.1 Å². The number of alkyl halides is 2. The van der Waals surface area contributed by atoms with Crippen LogP contribution in [0.4, 0.5) is 18.9 Å². The molecule has 0 radical (unpaired) electrons. The average Bonchev–Trinajstić information content (AvgIpc) is 2.51. The van der Waals surface area contributed by atoms with E-state index < -0.39 is 18.2 Å². The first-order valence-electron chi connectivity index (χ1n) is 7.37. The van der Waals surface area contributed by atoms with Crippen molar-refractivity contribution in [1.82, 2.24) is 4.90 Å². The quantitative estimate of drug-likeness (QED) is 0.745. The summed E-state index contributed by atoms with van der Waals surface area (Å²) in [5, 5.41) is 0. The molecular weight excluding hydrogens is 385 g/mol. The second-order valence-corrected chi connectivity index (χ2v) is 6.66. The number of halogens is 4. The number of anilines is 1. The predicted molar refractivity (Wildman–Crippen MR) is 89.7 cm³/mol. The molecule has 0 atom stereocenters. The number of ether oxygens (including phenoxy) is 1. The fraction of sp³-hybridized carbons (Fsp3) is 0.294. The third-order valence-corrected chi connectivity index (χ3v) is 4.41. The van der Waals surface area contributed by atoms with Crippen molar-refractivity contribution in [3.05, 3.63) is 57.8 Å². The molecule has 24 heavy (non-hydrogen) atoms. The molecule has 0 unspecified atom stereocenters. The first kappa shape index (κ1) is 17.1. The molecule has 3 nitrogen and oxygen atoms in total. The Labute approximate surface area is 146 Å². The van der Waals surface area contributed by atoms with E-state index in [-0.39, 0.29) is 0 Å². The van der Waals surface area contributed by atoms with Crippen LogP contribution < -0.4 is 9.64 Å². The summed E-state index contributed by atoms with van der Waals surface area (Å²) in [7, 11) is 1.85. The maximum Gasteiger partial charge on any atom is 0.387 e. The van der Waals surface area contributed by atoms with Crippen molar-refractivity contribution in [2.45, 2.75) is 19.7 Å². The van der Waals surface area contributed by atoms with Gasteiger partial charge in [0, 0.05) is 36.4 Å². The first-order valence-corrected chi connectivity index (χ1v) is 8.17. The summed E-state index contributed by atoms with van der Waals surface area (Å²) in [4.78, 5) is 4.04. The molecule has 0 bridgehead atoms. The fourth-order valence-corrected chi connectivity index (χ4v) is 3.14. The first-order chi connectivity index (χ1) is 11.4. The maximum absolute atomic E-state index is 13.9.